The molecule has 1 saturated heterocycles. The van der Waals surface area contributed by atoms with E-state index in [0.29, 0.717) is 30.3 Å². The van der Waals surface area contributed by atoms with Crippen molar-refractivity contribution in [3.8, 4) is 11.5 Å². The Morgan fingerprint density at radius 2 is 1.97 bits per heavy atom. The number of ether oxygens (including phenoxy) is 2. The lowest BCUT2D eigenvalue weighted by Gasteiger charge is -2.21. The van der Waals surface area contributed by atoms with Gasteiger partial charge in [0, 0.05) is 44.4 Å². The maximum Gasteiger partial charge on any atom is 0.227 e. The van der Waals surface area contributed by atoms with Gasteiger partial charge in [-0.1, -0.05) is 18.2 Å². The van der Waals surface area contributed by atoms with Crippen molar-refractivity contribution < 1.29 is 19.1 Å². The number of nitrogens with zero attached hydrogens (tertiary/aromatic N) is 2. The number of hydrogen-bond donors (Lipinski definition) is 1. The third-order valence-electron chi connectivity index (χ3n) is 6.06. The van der Waals surface area contributed by atoms with Gasteiger partial charge in [-0.15, -0.1) is 0 Å². The van der Waals surface area contributed by atoms with E-state index in [-0.39, 0.29) is 24.2 Å². The summed E-state index contributed by atoms with van der Waals surface area (Å²) in [5.41, 5.74) is 3.33. The minimum absolute atomic E-state index is 0.0699. The second kappa shape index (κ2) is 9.29. The summed E-state index contributed by atoms with van der Waals surface area (Å²) in [5.74, 6) is 0.705. The molecule has 31 heavy (non-hydrogen) atoms. The summed E-state index contributed by atoms with van der Waals surface area (Å²) in [6.45, 7) is 2.88. The van der Waals surface area contributed by atoms with Gasteiger partial charge in [0.05, 0.1) is 25.8 Å². The van der Waals surface area contributed by atoms with Gasteiger partial charge in [-0.25, -0.2) is 0 Å². The van der Waals surface area contributed by atoms with Crippen LogP contribution in [0.4, 0.5) is 11.4 Å². The number of amides is 2. The molecule has 1 N–H and O–H groups in total. The summed E-state index contributed by atoms with van der Waals surface area (Å²) < 4.78 is 10.7. The van der Waals surface area contributed by atoms with Crippen molar-refractivity contribution in [1.29, 1.82) is 0 Å². The van der Waals surface area contributed by atoms with Crippen molar-refractivity contribution in [2.75, 3.05) is 50.2 Å². The van der Waals surface area contributed by atoms with Crippen LogP contribution in [0.3, 0.4) is 0 Å². The molecule has 0 radical (unpaired) electrons. The van der Waals surface area contributed by atoms with Crippen LogP contribution in [-0.2, 0) is 16.0 Å². The van der Waals surface area contributed by atoms with E-state index in [0.717, 1.165) is 25.9 Å². The number of rotatable bonds is 8. The minimum atomic E-state index is -0.365. The van der Waals surface area contributed by atoms with Crippen LogP contribution in [-0.4, -0.2) is 52.2 Å². The highest BCUT2D eigenvalue weighted by Gasteiger charge is 2.36. The summed E-state index contributed by atoms with van der Waals surface area (Å²) in [5, 5.41) is 3.02. The standard InChI is InChI=1S/C24H29N3O4/c1-30-19-8-9-22(31-2)21(15-19)27-16-18(14-23(27)28)24(29)25-11-5-12-26-13-10-17-6-3-4-7-20(17)26/h3-4,6-9,15,18H,5,10-14,16H2,1-2H3,(H,25,29)/t18-/m0/s1. The largest absolute Gasteiger partial charge is 0.497 e. The van der Waals surface area contributed by atoms with Crippen molar-refractivity contribution >= 4 is 23.2 Å². The normalized spacial score (nSPS) is 17.6. The average Bonchev–Trinajstić information content (AvgIpc) is 3.39. The number of nitrogens with one attached hydrogen (secondary N) is 1. The Bertz CT molecular complexity index is 962. The van der Waals surface area contributed by atoms with Gasteiger partial charge in [-0.05, 0) is 36.6 Å². The SMILES string of the molecule is COc1ccc(OC)c(N2C[C@@H](C(=O)NCCCN3CCc4ccccc43)CC2=O)c1. The predicted octanol–water partition coefficient (Wildman–Crippen LogP) is 2.63. The lowest BCUT2D eigenvalue weighted by Crippen LogP contribution is -2.35. The topological polar surface area (TPSA) is 71.1 Å². The predicted molar refractivity (Wildman–Crippen MR) is 120 cm³/mol. The summed E-state index contributed by atoms with van der Waals surface area (Å²) in [7, 11) is 3.14. The molecule has 1 fully saturated rings. The lowest BCUT2D eigenvalue weighted by atomic mass is 10.1. The van der Waals surface area contributed by atoms with Gasteiger partial charge < -0.3 is 24.6 Å². The van der Waals surface area contributed by atoms with E-state index in [9.17, 15) is 9.59 Å². The number of anilines is 2. The molecule has 0 unspecified atom stereocenters. The second-order valence-electron chi connectivity index (χ2n) is 7.95. The summed E-state index contributed by atoms with van der Waals surface area (Å²) in [6.07, 6.45) is 2.15. The van der Waals surface area contributed by atoms with E-state index in [1.54, 1.807) is 37.3 Å². The summed E-state index contributed by atoms with van der Waals surface area (Å²) in [4.78, 5) is 29.3. The maximum absolute atomic E-state index is 12.7. The Balaban J connectivity index is 1.29. The van der Waals surface area contributed by atoms with Gasteiger partial charge in [-0.3, -0.25) is 9.59 Å². The van der Waals surface area contributed by atoms with Crippen LogP contribution < -0.4 is 24.6 Å². The second-order valence-corrected chi connectivity index (χ2v) is 7.95. The van der Waals surface area contributed by atoms with Gasteiger partial charge in [0.25, 0.3) is 0 Å². The molecule has 0 bridgehead atoms. The molecule has 2 aromatic carbocycles. The van der Waals surface area contributed by atoms with E-state index in [1.165, 1.54) is 11.3 Å². The van der Waals surface area contributed by atoms with E-state index in [1.807, 2.05) is 0 Å². The Kier molecular flexibility index (Phi) is 6.30. The summed E-state index contributed by atoms with van der Waals surface area (Å²) >= 11 is 0. The quantitative estimate of drug-likeness (QED) is 0.661. The van der Waals surface area contributed by atoms with Crippen LogP contribution in [0.2, 0.25) is 0 Å². The fourth-order valence-electron chi connectivity index (χ4n) is 4.39. The zero-order valence-electron chi connectivity index (χ0n) is 18.1. The highest BCUT2D eigenvalue weighted by molar-refractivity contribution is 6.01. The van der Waals surface area contributed by atoms with Crippen LogP contribution in [0, 0.1) is 5.92 Å². The number of carbonyl (C=O) groups excluding carboxylic acids is 2. The molecule has 2 heterocycles. The fraction of sp³-hybridized carbons (Fsp3) is 0.417. The van der Waals surface area contributed by atoms with E-state index >= 15 is 0 Å². The number of carbonyl (C=O) groups is 2. The van der Waals surface area contributed by atoms with Gasteiger partial charge in [0.2, 0.25) is 11.8 Å². The number of benzene rings is 2. The van der Waals surface area contributed by atoms with Crippen molar-refractivity contribution in [2.45, 2.75) is 19.3 Å². The molecule has 7 heteroatoms. The molecule has 0 saturated carbocycles. The molecule has 2 aliphatic rings. The van der Waals surface area contributed by atoms with Crippen molar-refractivity contribution in [1.82, 2.24) is 5.32 Å². The van der Waals surface area contributed by atoms with Gasteiger partial charge in [0.1, 0.15) is 11.5 Å². The molecule has 2 aliphatic heterocycles. The molecule has 164 valence electrons. The van der Waals surface area contributed by atoms with Gasteiger partial charge >= 0.3 is 0 Å². The van der Waals surface area contributed by atoms with Crippen LogP contribution in [0.5, 0.6) is 11.5 Å². The average molecular weight is 424 g/mol. The molecule has 0 aromatic heterocycles. The lowest BCUT2D eigenvalue weighted by molar-refractivity contribution is -0.126. The monoisotopic (exact) mass is 423 g/mol. The Morgan fingerprint density at radius 3 is 2.77 bits per heavy atom. The van der Waals surface area contributed by atoms with Crippen LogP contribution in [0.1, 0.15) is 18.4 Å². The van der Waals surface area contributed by atoms with Gasteiger partial charge in [0.15, 0.2) is 0 Å². The molecule has 2 aromatic rings. The molecule has 1 atom stereocenters. The first kappa shape index (κ1) is 21.0. The Hall–Kier alpha value is -3.22. The van der Waals surface area contributed by atoms with Crippen molar-refractivity contribution in [2.24, 2.45) is 5.92 Å². The van der Waals surface area contributed by atoms with E-state index in [4.69, 9.17) is 9.47 Å². The molecular weight excluding hydrogens is 394 g/mol. The smallest absolute Gasteiger partial charge is 0.227 e. The van der Waals surface area contributed by atoms with Gasteiger partial charge in [-0.2, -0.15) is 0 Å². The zero-order valence-corrected chi connectivity index (χ0v) is 18.1. The molecule has 0 spiro atoms. The first-order chi connectivity index (χ1) is 15.1. The molecule has 2 amide bonds. The molecule has 4 rings (SSSR count). The highest BCUT2D eigenvalue weighted by atomic mass is 16.5. The Labute approximate surface area is 182 Å². The van der Waals surface area contributed by atoms with Crippen LogP contribution in [0.25, 0.3) is 0 Å². The van der Waals surface area contributed by atoms with E-state index in [2.05, 4.69) is 34.5 Å². The Morgan fingerprint density at radius 1 is 1.13 bits per heavy atom. The number of hydrogen-bond acceptors (Lipinski definition) is 5. The van der Waals surface area contributed by atoms with Crippen molar-refractivity contribution in [3.63, 3.8) is 0 Å². The number of methoxy groups -OCH3 is 2. The highest BCUT2D eigenvalue weighted by Crippen LogP contribution is 2.36. The maximum atomic E-state index is 12.7. The number of fused-ring (bicyclic) bond motifs is 1. The van der Waals surface area contributed by atoms with Crippen LogP contribution in [0.15, 0.2) is 42.5 Å². The third-order valence-corrected chi connectivity index (χ3v) is 6.06. The molecule has 7 nitrogen and oxygen atoms in total. The van der Waals surface area contributed by atoms with Crippen molar-refractivity contribution in [3.05, 3.63) is 48.0 Å². The molecular formula is C24H29N3O4. The zero-order chi connectivity index (χ0) is 21.8. The first-order valence-corrected chi connectivity index (χ1v) is 10.7. The first-order valence-electron chi connectivity index (χ1n) is 10.7. The van der Waals surface area contributed by atoms with Crippen LogP contribution >= 0.6 is 0 Å². The minimum Gasteiger partial charge on any atom is -0.497 e. The molecule has 0 aliphatic carbocycles. The summed E-state index contributed by atoms with van der Waals surface area (Å²) in [6, 6.07) is 13.8. The number of para-hydroxylation sites is 1. The fourth-order valence-corrected chi connectivity index (χ4v) is 4.39. The van der Waals surface area contributed by atoms with E-state index < -0.39 is 0 Å². The third kappa shape index (κ3) is 4.45.